The van der Waals surface area contributed by atoms with Gasteiger partial charge in [0.05, 0.1) is 6.07 Å². The highest BCUT2D eigenvalue weighted by Gasteiger charge is 2.42. The molecule has 1 aliphatic carbocycles. The molecule has 16 heavy (non-hydrogen) atoms. The van der Waals surface area contributed by atoms with Crippen molar-refractivity contribution < 1.29 is 0 Å². The van der Waals surface area contributed by atoms with E-state index in [2.05, 4.69) is 21.1 Å². The molecule has 0 radical (unpaired) electrons. The van der Waals surface area contributed by atoms with Crippen molar-refractivity contribution in [1.82, 2.24) is 19.6 Å². The van der Waals surface area contributed by atoms with Gasteiger partial charge < -0.3 is 0 Å². The predicted octanol–water partition coefficient (Wildman–Crippen LogP) is 1.38. The topological polar surface area (TPSA) is 66.9 Å². The van der Waals surface area contributed by atoms with Crippen molar-refractivity contribution in [2.45, 2.75) is 31.6 Å². The molecule has 1 aliphatic rings. The Kier molecular flexibility index (Phi) is 1.75. The van der Waals surface area contributed by atoms with E-state index in [9.17, 15) is 5.26 Å². The van der Waals surface area contributed by atoms with Gasteiger partial charge in [-0.2, -0.15) is 10.2 Å². The Bertz CT molecular complexity index is 588. The van der Waals surface area contributed by atoms with Crippen molar-refractivity contribution in [1.29, 1.82) is 5.26 Å². The number of nitriles is 1. The summed E-state index contributed by atoms with van der Waals surface area (Å²) in [6.45, 7) is 1.96. The highest BCUT2D eigenvalue weighted by atomic mass is 15.3. The van der Waals surface area contributed by atoms with Crippen LogP contribution in [0.1, 0.15) is 30.7 Å². The molecule has 5 heteroatoms. The van der Waals surface area contributed by atoms with E-state index >= 15 is 0 Å². The van der Waals surface area contributed by atoms with Crippen molar-refractivity contribution in [2.75, 3.05) is 0 Å². The van der Waals surface area contributed by atoms with Crippen LogP contribution in [-0.2, 0) is 5.41 Å². The zero-order valence-corrected chi connectivity index (χ0v) is 9.01. The molecule has 2 aromatic heterocycles. The van der Waals surface area contributed by atoms with E-state index in [0.29, 0.717) is 11.6 Å². The number of fused-ring (bicyclic) bond motifs is 1. The second kappa shape index (κ2) is 3.01. The first kappa shape index (κ1) is 9.28. The minimum absolute atomic E-state index is 0.457. The Hall–Kier alpha value is -1.96. The summed E-state index contributed by atoms with van der Waals surface area (Å²) in [7, 11) is 0. The van der Waals surface area contributed by atoms with Crippen LogP contribution >= 0.6 is 0 Å². The van der Waals surface area contributed by atoms with E-state index in [1.165, 1.54) is 0 Å². The molecule has 2 heterocycles. The first-order chi connectivity index (χ1) is 7.73. The van der Waals surface area contributed by atoms with Crippen molar-refractivity contribution in [3.05, 3.63) is 23.8 Å². The second-order valence-corrected chi connectivity index (χ2v) is 4.36. The summed E-state index contributed by atoms with van der Waals surface area (Å²) in [4.78, 5) is 8.52. The summed E-state index contributed by atoms with van der Waals surface area (Å²) >= 11 is 0. The Balaban J connectivity index is 2.16. The molecule has 0 aromatic carbocycles. The Morgan fingerprint density at radius 3 is 2.94 bits per heavy atom. The SMILES string of the molecule is Cc1cnc2nc(C3(C#N)CCC3)nn2c1. The van der Waals surface area contributed by atoms with Gasteiger partial charge in [-0.25, -0.2) is 9.50 Å². The maximum absolute atomic E-state index is 9.21. The third-order valence-corrected chi connectivity index (χ3v) is 3.17. The summed E-state index contributed by atoms with van der Waals surface area (Å²) in [6, 6.07) is 2.34. The van der Waals surface area contributed by atoms with E-state index < -0.39 is 5.41 Å². The standard InChI is InChI=1S/C11H11N5/c1-8-5-13-10-14-9(15-16(10)6-8)11(7-12)3-2-4-11/h5-6H,2-4H2,1H3. The summed E-state index contributed by atoms with van der Waals surface area (Å²) in [5, 5.41) is 13.6. The second-order valence-electron chi connectivity index (χ2n) is 4.36. The average molecular weight is 213 g/mol. The third-order valence-electron chi connectivity index (χ3n) is 3.17. The molecule has 0 bridgehead atoms. The average Bonchev–Trinajstić information content (AvgIpc) is 2.60. The Morgan fingerprint density at radius 2 is 2.31 bits per heavy atom. The van der Waals surface area contributed by atoms with Gasteiger partial charge in [0, 0.05) is 12.4 Å². The maximum Gasteiger partial charge on any atom is 0.252 e. The van der Waals surface area contributed by atoms with E-state index in [1.54, 1.807) is 10.7 Å². The molecule has 0 unspecified atom stereocenters. The first-order valence-corrected chi connectivity index (χ1v) is 5.34. The van der Waals surface area contributed by atoms with Gasteiger partial charge in [0.1, 0.15) is 5.41 Å². The van der Waals surface area contributed by atoms with Crippen molar-refractivity contribution in [2.24, 2.45) is 0 Å². The van der Waals surface area contributed by atoms with Gasteiger partial charge in [-0.1, -0.05) is 0 Å². The molecule has 2 aromatic rings. The van der Waals surface area contributed by atoms with Gasteiger partial charge in [-0.05, 0) is 31.7 Å². The lowest BCUT2D eigenvalue weighted by Gasteiger charge is -2.31. The van der Waals surface area contributed by atoms with Gasteiger partial charge >= 0.3 is 0 Å². The highest BCUT2D eigenvalue weighted by molar-refractivity contribution is 5.33. The van der Waals surface area contributed by atoms with E-state index in [0.717, 1.165) is 24.8 Å². The smallest absolute Gasteiger partial charge is 0.219 e. The largest absolute Gasteiger partial charge is 0.252 e. The van der Waals surface area contributed by atoms with Gasteiger partial charge in [0.15, 0.2) is 5.82 Å². The number of hydrogen-bond acceptors (Lipinski definition) is 4. The molecule has 0 N–H and O–H groups in total. The molecule has 0 spiro atoms. The summed E-state index contributed by atoms with van der Waals surface area (Å²) in [6.07, 6.45) is 6.44. The molecular weight excluding hydrogens is 202 g/mol. The van der Waals surface area contributed by atoms with Crippen LogP contribution in [0.25, 0.3) is 5.78 Å². The molecule has 0 atom stereocenters. The van der Waals surface area contributed by atoms with Crippen LogP contribution in [0.3, 0.4) is 0 Å². The van der Waals surface area contributed by atoms with Crippen LogP contribution in [0.2, 0.25) is 0 Å². The zero-order valence-electron chi connectivity index (χ0n) is 9.01. The molecule has 80 valence electrons. The van der Waals surface area contributed by atoms with Crippen LogP contribution < -0.4 is 0 Å². The Morgan fingerprint density at radius 1 is 1.50 bits per heavy atom. The first-order valence-electron chi connectivity index (χ1n) is 5.34. The van der Waals surface area contributed by atoms with Crippen LogP contribution in [0.15, 0.2) is 12.4 Å². The fourth-order valence-corrected chi connectivity index (χ4v) is 1.99. The molecule has 0 aliphatic heterocycles. The third kappa shape index (κ3) is 1.13. The fourth-order valence-electron chi connectivity index (χ4n) is 1.99. The molecule has 0 saturated heterocycles. The van der Waals surface area contributed by atoms with Gasteiger partial charge in [-0.3, -0.25) is 0 Å². The molecule has 1 saturated carbocycles. The lowest BCUT2D eigenvalue weighted by molar-refractivity contribution is 0.307. The minimum atomic E-state index is -0.457. The number of hydrogen-bond donors (Lipinski definition) is 0. The lowest BCUT2D eigenvalue weighted by atomic mass is 9.69. The van der Waals surface area contributed by atoms with Crippen LogP contribution in [0.5, 0.6) is 0 Å². The van der Waals surface area contributed by atoms with Crippen molar-refractivity contribution in [3.8, 4) is 6.07 Å². The van der Waals surface area contributed by atoms with E-state index in [4.69, 9.17) is 0 Å². The predicted molar refractivity (Wildman–Crippen MR) is 56.7 cm³/mol. The summed E-state index contributed by atoms with van der Waals surface area (Å²) in [5.74, 6) is 1.20. The zero-order chi connectivity index (χ0) is 11.2. The van der Waals surface area contributed by atoms with Gasteiger partial charge in [-0.15, -0.1) is 5.10 Å². The molecule has 0 amide bonds. The normalized spacial score (nSPS) is 18.0. The molecular formula is C11H11N5. The van der Waals surface area contributed by atoms with Crippen molar-refractivity contribution in [3.63, 3.8) is 0 Å². The number of nitrogens with zero attached hydrogens (tertiary/aromatic N) is 5. The molecule has 1 fully saturated rings. The van der Waals surface area contributed by atoms with Gasteiger partial charge in [0.25, 0.3) is 5.78 Å². The number of rotatable bonds is 1. The van der Waals surface area contributed by atoms with Gasteiger partial charge in [0.2, 0.25) is 0 Å². The monoisotopic (exact) mass is 213 g/mol. The quantitative estimate of drug-likeness (QED) is 0.717. The van der Waals surface area contributed by atoms with Crippen LogP contribution in [0.4, 0.5) is 0 Å². The summed E-state index contributed by atoms with van der Waals surface area (Å²) < 4.78 is 1.65. The van der Waals surface area contributed by atoms with Crippen LogP contribution in [-0.4, -0.2) is 19.6 Å². The highest BCUT2D eigenvalue weighted by Crippen LogP contribution is 2.41. The van der Waals surface area contributed by atoms with E-state index in [1.807, 2.05) is 13.1 Å². The van der Waals surface area contributed by atoms with Crippen LogP contribution in [0, 0.1) is 18.3 Å². The fraction of sp³-hybridized carbons (Fsp3) is 0.455. The minimum Gasteiger partial charge on any atom is -0.219 e. The lowest BCUT2D eigenvalue weighted by Crippen LogP contribution is -2.33. The van der Waals surface area contributed by atoms with Crippen molar-refractivity contribution >= 4 is 5.78 Å². The molecule has 3 rings (SSSR count). The molecule has 5 nitrogen and oxygen atoms in total. The Labute approximate surface area is 92.8 Å². The van der Waals surface area contributed by atoms with E-state index in [-0.39, 0.29) is 0 Å². The maximum atomic E-state index is 9.21. The number of aromatic nitrogens is 4. The number of aryl methyl sites for hydroxylation is 1. The summed E-state index contributed by atoms with van der Waals surface area (Å²) in [5.41, 5.74) is 0.574.